The second-order valence-electron chi connectivity index (χ2n) is 0.921. The topological polar surface area (TPSA) is 54.4 Å². The molecule has 53 valence electrons. The van der Waals surface area contributed by atoms with E-state index in [-0.39, 0.29) is 27.3 Å². The van der Waals surface area contributed by atoms with Crippen molar-refractivity contribution in [3.05, 3.63) is 0 Å². The molecule has 0 aliphatic rings. The third-order valence-corrected chi connectivity index (χ3v) is 0.877. The summed E-state index contributed by atoms with van der Waals surface area (Å²) in [5.41, 5.74) is -5.53. The molecular weight excluding hydrogens is 353 g/mol. The van der Waals surface area contributed by atoms with Gasteiger partial charge in [0.05, 0.1) is 0 Å². The fourth-order valence-electron chi connectivity index (χ4n) is 0. The molecule has 8 heteroatoms. The van der Waals surface area contributed by atoms with Gasteiger partial charge in [0, 0.05) is 27.3 Å². The van der Waals surface area contributed by atoms with Crippen LogP contribution >= 0.6 is 0 Å². The summed E-state index contributed by atoms with van der Waals surface area (Å²) < 4.78 is 57.5. The Morgan fingerprint density at radius 3 is 1.33 bits per heavy atom. The van der Waals surface area contributed by atoms with E-state index in [1.807, 2.05) is 0 Å². The van der Waals surface area contributed by atoms with Crippen molar-refractivity contribution in [1.29, 1.82) is 0 Å². The van der Waals surface area contributed by atoms with Crippen LogP contribution < -0.4 is 0 Å². The maximum atomic E-state index is 10.7. The molecule has 0 bridgehead atoms. The first-order valence-corrected chi connectivity index (χ1v) is 2.73. The van der Waals surface area contributed by atoms with Gasteiger partial charge in [0.2, 0.25) is 0 Å². The Balaban J connectivity index is 0. The largest absolute Gasteiger partial charge is 0.522 e. The monoisotopic (exact) mass is 355 g/mol. The summed E-state index contributed by atoms with van der Waals surface area (Å²) in [7, 11) is -5.84. The van der Waals surface area contributed by atoms with Crippen molar-refractivity contribution < 1.29 is 26.1 Å². The first kappa shape index (κ1) is 12.3. The summed E-state index contributed by atoms with van der Waals surface area (Å²) in [4.78, 5) is 0. The fraction of sp³-hybridized carbons (Fsp3) is 1.00. The first-order valence-electron chi connectivity index (χ1n) is 1.29. The van der Waals surface area contributed by atoms with Crippen LogP contribution in [-0.4, -0.2) is 45.8 Å². The third kappa shape index (κ3) is 4.08. The van der Waals surface area contributed by atoms with Crippen LogP contribution in [0.4, 0.5) is 13.2 Å². The van der Waals surface area contributed by atoms with Gasteiger partial charge < -0.3 is 0 Å². The number of rotatable bonds is 0. The van der Waals surface area contributed by atoms with E-state index in [4.69, 9.17) is 13.0 Å². The van der Waals surface area contributed by atoms with Crippen LogP contribution in [0.15, 0.2) is 0 Å². The standard InChI is InChI=1S/CHF3O3S.Tl/c2-1(3,4)8(5,6)7;/h(H,5,6,7);. The van der Waals surface area contributed by atoms with Gasteiger partial charge in [-0.25, -0.2) is 0 Å². The van der Waals surface area contributed by atoms with E-state index in [0.29, 0.717) is 0 Å². The van der Waals surface area contributed by atoms with Gasteiger partial charge in [-0.15, -0.1) is 0 Å². The molecule has 0 aliphatic carbocycles. The van der Waals surface area contributed by atoms with Crippen molar-refractivity contribution in [2.45, 2.75) is 5.51 Å². The Morgan fingerprint density at radius 2 is 1.33 bits per heavy atom. The van der Waals surface area contributed by atoms with Crippen molar-refractivity contribution in [2.24, 2.45) is 0 Å². The van der Waals surface area contributed by atoms with Crippen molar-refractivity contribution in [1.82, 2.24) is 0 Å². The summed E-state index contributed by atoms with van der Waals surface area (Å²) in [5, 5.41) is 0. The zero-order chi connectivity index (χ0) is 7.00. The van der Waals surface area contributed by atoms with Gasteiger partial charge in [0.25, 0.3) is 0 Å². The zero-order valence-corrected chi connectivity index (χ0v) is 9.19. The Kier molecular flexibility index (Phi) is 4.30. The molecule has 0 unspecified atom stereocenters. The minimum atomic E-state index is -5.84. The zero-order valence-electron chi connectivity index (χ0n) is 3.88. The average molecular weight is 354 g/mol. The van der Waals surface area contributed by atoms with Crippen molar-refractivity contribution >= 4 is 37.4 Å². The fourth-order valence-corrected chi connectivity index (χ4v) is 0. The van der Waals surface area contributed by atoms with E-state index < -0.39 is 15.6 Å². The van der Waals surface area contributed by atoms with Gasteiger partial charge in [-0.2, -0.15) is 21.6 Å². The first-order chi connectivity index (χ1) is 3.25. The minimum absolute atomic E-state index is 0. The second-order valence-corrected chi connectivity index (χ2v) is 2.33. The Hall–Kier alpha value is 0.622. The molecule has 0 aromatic carbocycles. The molecule has 0 spiro atoms. The van der Waals surface area contributed by atoms with Gasteiger partial charge in [-0.3, -0.25) is 4.55 Å². The van der Waals surface area contributed by atoms with E-state index in [0.717, 1.165) is 0 Å². The predicted molar refractivity (Wildman–Crippen MR) is 23.4 cm³/mol. The summed E-state index contributed by atoms with van der Waals surface area (Å²) in [6.45, 7) is 0. The second kappa shape index (κ2) is 3.14. The van der Waals surface area contributed by atoms with E-state index in [2.05, 4.69) is 0 Å². The number of hydrogen-bond acceptors (Lipinski definition) is 2. The SMILES string of the molecule is O=S(=O)(O)C(F)(F)F.[Tl]. The van der Waals surface area contributed by atoms with Gasteiger partial charge >= 0.3 is 15.6 Å². The number of hydrogen-bond donors (Lipinski definition) is 1. The quantitative estimate of drug-likeness (QED) is 0.379. The van der Waals surface area contributed by atoms with Crippen LogP contribution in [0.25, 0.3) is 0 Å². The Bertz CT molecular complexity index is 168. The molecule has 0 aromatic rings. The van der Waals surface area contributed by atoms with Crippen LogP contribution in [-0.2, 0) is 10.1 Å². The molecule has 0 fully saturated rings. The summed E-state index contributed by atoms with van der Waals surface area (Å²) in [6.07, 6.45) is 0. The van der Waals surface area contributed by atoms with Gasteiger partial charge in [0.1, 0.15) is 0 Å². The Labute approximate surface area is 69.1 Å². The van der Waals surface area contributed by atoms with Crippen LogP contribution in [0.5, 0.6) is 0 Å². The molecular formula is CHF3O3STl. The molecule has 0 amide bonds. The normalized spacial score (nSPS) is 12.4. The molecule has 0 aromatic heterocycles. The maximum absolute atomic E-state index is 10.7. The summed E-state index contributed by atoms with van der Waals surface area (Å²) in [6, 6.07) is 0. The van der Waals surface area contributed by atoms with Crippen molar-refractivity contribution in [3.8, 4) is 0 Å². The molecule has 0 saturated carbocycles. The van der Waals surface area contributed by atoms with Crippen molar-refractivity contribution in [3.63, 3.8) is 0 Å². The van der Waals surface area contributed by atoms with Gasteiger partial charge in [-0.1, -0.05) is 0 Å². The molecule has 0 rings (SSSR count). The molecule has 0 aliphatic heterocycles. The molecule has 0 heterocycles. The van der Waals surface area contributed by atoms with Crippen molar-refractivity contribution in [2.75, 3.05) is 0 Å². The smallest absolute Gasteiger partial charge is 0.279 e. The Morgan fingerprint density at radius 1 is 1.22 bits per heavy atom. The number of halogens is 3. The van der Waals surface area contributed by atoms with Gasteiger partial charge in [0.15, 0.2) is 0 Å². The van der Waals surface area contributed by atoms with Crippen LogP contribution in [0, 0.1) is 0 Å². The molecule has 0 saturated heterocycles. The summed E-state index contributed by atoms with van der Waals surface area (Å²) in [5.74, 6) is 0. The predicted octanol–water partition coefficient (Wildman–Crippen LogP) is 0.0132. The minimum Gasteiger partial charge on any atom is -0.279 e. The molecule has 1 radical (unpaired) electrons. The number of alkyl halides is 3. The van der Waals surface area contributed by atoms with Gasteiger partial charge in [-0.05, 0) is 0 Å². The van der Waals surface area contributed by atoms with Crippen LogP contribution in [0.1, 0.15) is 0 Å². The molecule has 9 heavy (non-hydrogen) atoms. The summed E-state index contributed by atoms with van der Waals surface area (Å²) >= 11 is 0. The third-order valence-electron chi connectivity index (χ3n) is 0.292. The van der Waals surface area contributed by atoms with Crippen LogP contribution in [0.2, 0.25) is 0 Å². The molecule has 1 N–H and O–H groups in total. The average Bonchev–Trinajstić information content (AvgIpc) is 1.25. The van der Waals surface area contributed by atoms with E-state index in [1.54, 1.807) is 0 Å². The molecule has 0 atom stereocenters. The van der Waals surface area contributed by atoms with Crippen LogP contribution in [0.3, 0.4) is 0 Å². The van der Waals surface area contributed by atoms with E-state index >= 15 is 0 Å². The molecule has 3 nitrogen and oxygen atoms in total. The van der Waals surface area contributed by atoms with E-state index in [1.165, 1.54) is 0 Å². The maximum Gasteiger partial charge on any atom is 0.522 e. The van der Waals surface area contributed by atoms with E-state index in [9.17, 15) is 13.2 Å².